The lowest BCUT2D eigenvalue weighted by molar-refractivity contribution is 0.0696. The van der Waals surface area contributed by atoms with Gasteiger partial charge in [0.05, 0.1) is 23.9 Å². The first kappa shape index (κ1) is 11.9. The standard InChI is InChI=1S/C13H11N3O2/c1-9-12(13(17)18)8-16(15-9)7-11-5-3-2-4-10(11)6-14/h2-5,8H,7H2,1H3,(H,17,18). The summed E-state index contributed by atoms with van der Waals surface area (Å²) in [5.41, 5.74) is 2.04. The third kappa shape index (κ3) is 2.23. The summed E-state index contributed by atoms with van der Waals surface area (Å²) in [6.45, 7) is 2.04. The van der Waals surface area contributed by atoms with Gasteiger partial charge in [-0.3, -0.25) is 4.68 Å². The summed E-state index contributed by atoms with van der Waals surface area (Å²) in [6, 6.07) is 9.29. The van der Waals surface area contributed by atoms with Crippen LogP contribution in [0.3, 0.4) is 0 Å². The molecule has 1 aromatic carbocycles. The smallest absolute Gasteiger partial charge is 0.339 e. The van der Waals surface area contributed by atoms with Crippen LogP contribution in [0, 0.1) is 18.3 Å². The first-order valence-electron chi connectivity index (χ1n) is 5.37. The van der Waals surface area contributed by atoms with E-state index in [0.717, 1.165) is 5.56 Å². The number of benzene rings is 1. The van der Waals surface area contributed by atoms with Gasteiger partial charge in [0.2, 0.25) is 0 Å². The number of nitrogens with zero attached hydrogens (tertiary/aromatic N) is 3. The Labute approximate surface area is 104 Å². The van der Waals surface area contributed by atoms with E-state index in [1.807, 2.05) is 12.1 Å². The molecular weight excluding hydrogens is 230 g/mol. The summed E-state index contributed by atoms with van der Waals surface area (Å²) in [7, 11) is 0. The molecule has 5 nitrogen and oxygen atoms in total. The number of carbonyl (C=O) groups is 1. The Morgan fingerprint density at radius 2 is 2.22 bits per heavy atom. The Bertz CT molecular complexity index is 638. The molecule has 0 aliphatic rings. The average molecular weight is 241 g/mol. The van der Waals surface area contributed by atoms with E-state index in [4.69, 9.17) is 10.4 Å². The maximum absolute atomic E-state index is 10.9. The summed E-state index contributed by atoms with van der Waals surface area (Å²) in [4.78, 5) is 10.9. The Kier molecular flexibility index (Phi) is 3.11. The lowest BCUT2D eigenvalue weighted by atomic mass is 10.1. The van der Waals surface area contributed by atoms with E-state index < -0.39 is 5.97 Å². The van der Waals surface area contributed by atoms with Crippen LogP contribution in [0.4, 0.5) is 0 Å². The monoisotopic (exact) mass is 241 g/mol. The molecule has 1 N–H and O–H groups in total. The summed E-state index contributed by atoms with van der Waals surface area (Å²) < 4.78 is 1.54. The maximum Gasteiger partial charge on any atom is 0.339 e. The fourth-order valence-electron chi connectivity index (χ4n) is 1.75. The van der Waals surface area contributed by atoms with Gasteiger partial charge in [-0.25, -0.2) is 4.79 Å². The van der Waals surface area contributed by atoms with Gasteiger partial charge in [-0.2, -0.15) is 10.4 Å². The minimum absolute atomic E-state index is 0.185. The molecule has 0 spiro atoms. The quantitative estimate of drug-likeness (QED) is 0.888. The van der Waals surface area contributed by atoms with Gasteiger partial charge < -0.3 is 5.11 Å². The molecule has 0 saturated carbocycles. The zero-order valence-electron chi connectivity index (χ0n) is 9.79. The minimum Gasteiger partial charge on any atom is -0.478 e. The van der Waals surface area contributed by atoms with Crippen molar-refractivity contribution in [3.63, 3.8) is 0 Å². The maximum atomic E-state index is 10.9. The molecule has 0 unspecified atom stereocenters. The van der Waals surface area contributed by atoms with E-state index in [1.54, 1.807) is 19.1 Å². The molecule has 0 saturated heterocycles. The summed E-state index contributed by atoms with van der Waals surface area (Å²) in [5, 5.41) is 22.0. The molecule has 0 bridgehead atoms. The Hall–Kier alpha value is -2.61. The second kappa shape index (κ2) is 4.72. The number of rotatable bonds is 3. The lowest BCUT2D eigenvalue weighted by Crippen LogP contribution is -2.02. The van der Waals surface area contributed by atoms with Crippen LogP contribution >= 0.6 is 0 Å². The van der Waals surface area contributed by atoms with Crippen LogP contribution in [0.1, 0.15) is 27.2 Å². The number of carboxylic acid groups (broad SMARTS) is 1. The van der Waals surface area contributed by atoms with E-state index in [-0.39, 0.29) is 5.56 Å². The van der Waals surface area contributed by atoms with Crippen LogP contribution in [0.2, 0.25) is 0 Å². The predicted molar refractivity (Wildman–Crippen MR) is 64.2 cm³/mol. The third-order valence-electron chi connectivity index (χ3n) is 2.65. The number of aromatic carboxylic acids is 1. The van der Waals surface area contributed by atoms with Crippen LogP contribution in [-0.4, -0.2) is 20.9 Å². The van der Waals surface area contributed by atoms with Crippen LogP contribution in [0.15, 0.2) is 30.5 Å². The van der Waals surface area contributed by atoms with Gasteiger partial charge in [-0.05, 0) is 18.6 Å². The van der Waals surface area contributed by atoms with E-state index >= 15 is 0 Å². The van der Waals surface area contributed by atoms with Gasteiger partial charge >= 0.3 is 5.97 Å². The van der Waals surface area contributed by atoms with Gasteiger partial charge in [-0.15, -0.1) is 0 Å². The number of nitriles is 1. The van der Waals surface area contributed by atoms with E-state index in [0.29, 0.717) is 17.8 Å². The van der Waals surface area contributed by atoms with Crippen molar-refractivity contribution in [1.29, 1.82) is 5.26 Å². The van der Waals surface area contributed by atoms with Gasteiger partial charge in [0.25, 0.3) is 0 Å². The number of carboxylic acids is 1. The molecule has 5 heteroatoms. The normalized spacial score (nSPS) is 10.0. The first-order valence-corrected chi connectivity index (χ1v) is 5.37. The highest BCUT2D eigenvalue weighted by atomic mass is 16.4. The molecule has 0 aliphatic heterocycles. The van der Waals surface area contributed by atoms with Crippen molar-refractivity contribution >= 4 is 5.97 Å². The fourth-order valence-corrected chi connectivity index (χ4v) is 1.75. The molecule has 1 heterocycles. The van der Waals surface area contributed by atoms with Gasteiger partial charge in [0, 0.05) is 6.20 Å². The Morgan fingerprint density at radius 1 is 1.50 bits per heavy atom. The highest BCUT2D eigenvalue weighted by Gasteiger charge is 2.12. The fraction of sp³-hybridized carbons (Fsp3) is 0.154. The van der Waals surface area contributed by atoms with Crippen LogP contribution in [-0.2, 0) is 6.54 Å². The van der Waals surface area contributed by atoms with Crippen molar-refractivity contribution in [3.8, 4) is 6.07 Å². The predicted octanol–water partition coefficient (Wildman–Crippen LogP) is 1.81. The highest BCUT2D eigenvalue weighted by molar-refractivity contribution is 5.88. The van der Waals surface area contributed by atoms with Crippen LogP contribution < -0.4 is 0 Å². The van der Waals surface area contributed by atoms with Crippen LogP contribution in [0.5, 0.6) is 0 Å². The molecule has 90 valence electrons. The number of aryl methyl sites for hydroxylation is 1. The Morgan fingerprint density at radius 3 is 2.83 bits per heavy atom. The molecule has 0 amide bonds. The summed E-state index contributed by atoms with van der Waals surface area (Å²) in [5.74, 6) is -0.993. The van der Waals surface area contributed by atoms with Crippen molar-refractivity contribution in [2.75, 3.05) is 0 Å². The minimum atomic E-state index is -0.993. The zero-order chi connectivity index (χ0) is 13.1. The largest absolute Gasteiger partial charge is 0.478 e. The molecule has 1 aromatic heterocycles. The van der Waals surface area contributed by atoms with Crippen molar-refractivity contribution in [2.45, 2.75) is 13.5 Å². The SMILES string of the molecule is Cc1nn(Cc2ccccc2C#N)cc1C(=O)O. The molecule has 2 rings (SSSR count). The van der Waals surface area contributed by atoms with Gasteiger partial charge in [-0.1, -0.05) is 18.2 Å². The topological polar surface area (TPSA) is 78.9 Å². The number of aromatic nitrogens is 2. The highest BCUT2D eigenvalue weighted by Crippen LogP contribution is 2.11. The van der Waals surface area contributed by atoms with Crippen molar-refractivity contribution in [3.05, 3.63) is 52.8 Å². The number of hydrogen-bond donors (Lipinski definition) is 1. The number of hydrogen-bond acceptors (Lipinski definition) is 3. The molecule has 0 fully saturated rings. The second-order valence-electron chi connectivity index (χ2n) is 3.90. The molecule has 0 radical (unpaired) electrons. The molecule has 0 atom stereocenters. The molecule has 2 aromatic rings. The molecule has 0 aliphatic carbocycles. The van der Waals surface area contributed by atoms with Crippen molar-refractivity contribution in [2.24, 2.45) is 0 Å². The van der Waals surface area contributed by atoms with Crippen molar-refractivity contribution < 1.29 is 9.90 Å². The first-order chi connectivity index (χ1) is 8.61. The van der Waals surface area contributed by atoms with Gasteiger partial charge in [0.1, 0.15) is 5.56 Å². The molecule has 18 heavy (non-hydrogen) atoms. The lowest BCUT2D eigenvalue weighted by Gasteiger charge is -2.03. The van der Waals surface area contributed by atoms with E-state index in [1.165, 1.54) is 10.9 Å². The average Bonchev–Trinajstić information content (AvgIpc) is 2.71. The van der Waals surface area contributed by atoms with Crippen LogP contribution in [0.25, 0.3) is 0 Å². The summed E-state index contributed by atoms with van der Waals surface area (Å²) in [6.07, 6.45) is 1.48. The zero-order valence-corrected chi connectivity index (χ0v) is 9.79. The van der Waals surface area contributed by atoms with E-state index in [9.17, 15) is 4.79 Å². The Balaban J connectivity index is 2.32. The summed E-state index contributed by atoms with van der Waals surface area (Å²) >= 11 is 0. The van der Waals surface area contributed by atoms with Crippen molar-refractivity contribution in [1.82, 2.24) is 9.78 Å². The third-order valence-corrected chi connectivity index (χ3v) is 2.65. The van der Waals surface area contributed by atoms with E-state index in [2.05, 4.69) is 11.2 Å². The van der Waals surface area contributed by atoms with Gasteiger partial charge in [0.15, 0.2) is 0 Å². The second-order valence-corrected chi connectivity index (χ2v) is 3.90. The molecular formula is C13H11N3O2.